The summed E-state index contributed by atoms with van der Waals surface area (Å²) in [5.74, 6) is -3.18. The second-order valence-electron chi connectivity index (χ2n) is 5.30. The Bertz CT molecular complexity index is 783. The molecule has 2 aromatic rings. The van der Waals surface area contributed by atoms with Crippen molar-refractivity contribution in [3.05, 3.63) is 59.7 Å². The molecule has 2 aromatic carbocycles. The summed E-state index contributed by atoms with van der Waals surface area (Å²) >= 11 is 1.32. The maximum Gasteiger partial charge on any atom is 0.317 e. The molecular weight excluding hydrogens is 348 g/mol. The molecule has 1 N–H and O–H groups in total. The Balaban J connectivity index is 1.84. The van der Waals surface area contributed by atoms with Crippen LogP contribution in [0.3, 0.4) is 0 Å². The van der Waals surface area contributed by atoms with Crippen molar-refractivity contribution in [2.45, 2.75) is 24.8 Å². The number of aryl methyl sites for hydroxylation is 1. The highest BCUT2D eigenvalue weighted by Crippen LogP contribution is 2.22. The van der Waals surface area contributed by atoms with Gasteiger partial charge in [-0.2, -0.15) is 0 Å². The van der Waals surface area contributed by atoms with Gasteiger partial charge >= 0.3 is 5.97 Å². The summed E-state index contributed by atoms with van der Waals surface area (Å²) in [6.45, 7) is 3.34. The number of esters is 1. The van der Waals surface area contributed by atoms with Crippen molar-refractivity contribution in [3.8, 4) is 0 Å². The van der Waals surface area contributed by atoms with Crippen LogP contribution in [0.1, 0.15) is 12.5 Å². The number of amides is 1. The number of anilines is 1. The molecule has 0 heterocycles. The highest BCUT2D eigenvalue weighted by molar-refractivity contribution is 8.00. The van der Waals surface area contributed by atoms with Gasteiger partial charge in [0.1, 0.15) is 0 Å². The summed E-state index contributed by atoms with van der Waals surface area (Å²) in [6, 6.07) is 10.6. The number of hydrogen-bond acceptors (Lipinski definition) is 4. The molecule has 1 amide bonds. The summed E-state index contributed by atoms with van der Waals surface area (Å²) in [4.78, 5) is 24.8. The van der Waals surface area contributed by atoms with E-state index in [9.17, 15) is 18.4 Å². The highest BCUT2D eigenvalue weighted by atomic mass is 32.2. The van der Waals surface area contributed by atoms with Crippen LogP contribution in [-0.2, 0) is 14.3 Å². The summed E-state index contributed by atoms with van der Waals surface area (Å²) < 4.78 is 31.0. The number of rotatable bonds is 6. The van der Waals surface area contributed by atoms with E-state index in [-0.39, 0.29) is 11.4 Å². The molecule has 0 aromatic heterocycles. The Morgan fingerprint density at radius 2 is 1.88 bits per heavy atom. The van der Waals surface area contributed by atoms with Gasteiger partial charge in [0, 0.05) is 16.6 Å². The Labute approximate surface area is 148 Å². The Hall–Kier alpha value is -2.41. The van der Waals surface area contributed by atoms with E-state index in [0.717, 1.165) is 22.6 Å². The van der Waals surface area contributed by atoms with Crippen LogP contribution in [0, 0.1) is 18.6 Å². The zero-order valence-corrected chi connectivity index (χ0v) is 14.5. The average Bonchev–Trinajstić information content (AvgIpc) is 2.57. The molecule has 0 spiro atoms. The number of thioether (sulfide) groups is 1. The second-order valence-corrected chi connectivity index (χ2v) is 6.32. The summed E-state index contributed by atoms with van der Waals surface area (Å²) in [5, 5.41) is 2.37. The lowest BCUT2D eigenvalue weighted by Crippen LogP contribution is -2.30. The van der Waals surface area contributed by atoms with Crippen molar-refractivity contribution in [2.24, 2.45) is 0 Å². The van der Waals surface area contributed by atoms with Crippen LogP contribution >= 0.6 is 11.8 Å². The molecular formula is C18H17F2NO3S. The number of halogens is 2. The minimum absolute atomic E-state index is 0.0631. The van der Waals surface area contributed by atoms with Gasteiger partial charge in [0.15, 0.2) is 17.7 Å². The molecule has 0 bridgehead atoms. The summed E-state index contributed by atoms with van der Waals surface area (Å²) in [6.07, 6.45) is -1.06. The summed E-state index contributed by atoms with van der Waals surface area (Å²) in [7, 11) is 0. The predicted molar refractivity (Wildman–Crippen MR) is 92.4 cm³/mol. The Morgan fingerprint density at radius 3 is 2.56 bits per heavy atom. The van der Waals surface area contributed by atoms with Crippen LogP contribution in [-0.4, -0.2) is 23.7 Å². The Kier molecular flexibility index (Phi) is 6.52. The maximum absolute atomic E-state index is 13.1. The smallest absolute Gasteiger partial charge is 0.317 e. The van der Waals surface area contributed by atoms with Crippen molar-refractivity contribution < 1.29 is 23.1 Å². The number of benzene rings is 2. The predicted octanol–water partition coefficient (Wildman–Crippen LogP) is 3.94. The number of hydrogen-bond donors (Lipinski definition) is 1. The van der Waals surface area contributed by atoms with Gasteiger partial charge in [-0.15, -0.1) is 11.8 Å². The molecule has 0 aliphatic heterocycles. The fraction of sp³-hybridized carbons (Fsp3) is 0.222. The SMILES string of the molecule is Cc1ccccc1SCC(=O)O[C@H](C)C(=O)Nc1ccc(F)c(F)c1. The van der Waals surface area contributed by atoms with E-state index in [2.05, 4.69) is 5.32 Å². The monoisotopic (exact) mass is 365 g/mol. The molecule has 0 fully saturated rings. The lowest BCUT2D eigenvalue weighted by molar-refractivity contribution is -0.150. The molecule has 1 atom stereocenters. The zero-order valence-electron chi connectivity index (χ0n) is 13.7. The largest absolute Gasteiger partial charge is 0.452 e. The molecule has 0 saturated carbocycles. The Morgan fingerprint density at radius 1 is 1.16 bits per heavy atom. The number of carbonyl (C=O) groups is 2. The maximum atomic E-state index is 13.1. The summed E-state index contributed by atoms with van der Waals surface area (Å²) in [5.41, 5.74) is 1.13. The lowest BCUT2D eigenvalue weighted by Gasteiger charge is -2.14. The molecule has 0 aliphatic rings. The van der Waals surface area contributed by atoms with Crippen LogP contribution < -0.4 is 5.32 Å². The van der Waals surface area contributed by atoms with Gasteiger partial charge in [-0.1, -0.05) is 18.2 Å². The number of carbonyl (C=O) groups excluding carboxylic acids is 2. The first kappa shape index (κ1) is 18.9. The lowest BCUT2D eigenvalue weighted by atomic mass is 10.2. The fourth-order valence-corrected chi connectivity index (χ4v) is 2.77. The van der Waals surface area contributed by atoms with Crippen LogP contribution in [0.25, 0.3) is 0 Å². The van der Waals surface area contributed by atoms with Crippen LogP contribution in [0.2, 0.25) is 0 Å². The van der Waals surface area contributed by atoms with Crippen LogP contribution in [0.4, 0.5) is 14.5 Å². The minimum Gasteiger partial charge on any atom is -0.452 e. The van der Waals surface area contributed by atoms with Crippen molar-refractivity contribution in [2.75, 3.05) is 11.1 Å². The number of ether oxygens (including phenoxy) is 1. The van der Waals surface area contributed by atoms with Crippen LogP contribution in [0.5, 0.6) is 0 Å². The average molecular weight is 365 g/mol. The van der Waals surface area contributed by atoms with Gasteiger partial charge in [0.05, 0.1) is 5.75 Å². The van der Waals surface area contributed by atoms with Gasteiger partial charge < -0.3 is 10.1 Å². The first-order chi connectivity index (χ1) is 11.9. The van der Waals surface area contributed by atoms with Crippen LogP contribution in [0.15, 0.2) is 47.4 Å². The van der Waals surface area contributed by atoms with Gasteiger partial charge in [-0.05, 0) is 37.6 Å². The van der Waals surface area contributed by atoms with Gasteiger partial charge in [-0.3, -0.25) is 9.59 Å². The first-order valence-electron chi connectivity index (χ1n) is 7.50. The normalized spacial score (nSPS) is 11.7. The molecule has 0 radical (unpaired) electrons. The zero-order chi connectivity index (χ0) is 18.4. The molecule has 7 heteroatoms. The second kappa shape index (κ2) is 8.62. The third-order valence-electron chi connectivity index (χ3n) is 3.30. The highest BCUT2D eigenvalue weighted by Gasteiger charge is 2.18. The fourth-order valence-electron chi connectivity index (χ4n) is 1.96. The van der Waals surface area contributed by atoms with E-state index in [0.29, 0.717) is 0 Å². The molecule has 0 unspecified atom stereocenters. The quantitative estimate of drug-likeness (QED) is 0.622. The molecule has 132 valence electrons. The first-order valence-corrected chi connectivity index (χ1v) is 8.49. The van der Waals surface area contributed by atoms with Gasteiger partial charge in [0.2, 0.25) is 0 Å². The van der Waals surface area contributed by atoms with Gasteiger partial charge in [0.25, 0.3) is 5.91 Å². The van der Waals surface area contributed by atoms with Gasteiger partial charge in [-0.25, -0.2) is 8.78 Å². The third kappa shape index (κ3) is 5.56. The van der Waals surface area contributed by atoms with E-state index in [1.807, 2.05) is 31.2 Å². The van der Waals surface area contributed by atoms with E-state index in [4.69, 9.17) is 4.74 Å². The topological polar surface area (TPSA) is 55.4 Å². The van der Waals surface area contributed by atoms with E-state index < -0.39 is 29.6 Å². The number of nitrogens with one attached hydrogen (secondary N) is 1. The molecule has 4 nitrogen and oxygen atoms in total. The molecule has 0 aliphatic carbocycles. The third-order valence-corrected chi connectivity index (χ3v) is 4.45. The minimum atomic E-state index is -1.07. The van der Waals surface area contributed by atoms with E-state index in [1.165, 1.54) is 24.8 Å². The van der Waals surface area contributed by atoms with Crippen molar-refractivity contribution >= 4 is 29.3 Å². The molecule has 25 heavy (non-hydrogen) atoms. The molecule has 0 saturated heterocycles. The standard InChI is InChI=1S/C18H17F2NO3S/c1-11-5-3-4-6-16(11)25-10-17(22)24-12(2)18(23)21-13-7-8-14(19)15(20)9-13/h3-9,12H,10H2,1-2H3,(H,21,23)/t12-/m1/s1. The van der Waals surface area contributed by atoms with E-state index >= 15 is 0 Å². The van der Waals surface area contributed by atoms with Crippen molar-refractivity contribution in [1.82, 2.24) is 0 Å². The molecule has 2 rings (SSSR count). The van der Waals surface area contributed by atoms with Crippen molar-refractivity contribution in [3.63, 3.8) is 0 Å². The van der Waals surface area contributed by atoms with E-state index in [1.54, 1.807) is 0 Å². The van der Waals surface area contributed by atoms with Crippen molar-refractivity contribution in [1.29, 1.82) is 0 Å².